The predicted molar refractivity (Wildman–Crippen MR) is 82.8 cm³/mol. The van der Waals surface area contributed by atoms with Gasteiger partial charge in [0, 0.05) is 10.8 Å². The summed E-state index contributed by atoms with van der Waals surface area (Å²) in [5.41, 5.74) is 3.43. The molecule has 0 amide bonds. The van der Waals surface area contributed by atoms with E-state index in [-0.39, 0.29) is 0 Å². The van der Waals surface area contributed by atoms with Gasteiger partial charge in [-0.05, 0) is 19.1 Å². The number of hydrogen-bond acceptors (Lipinski definition) is 2. The third-order valence-corrected chi connectivity index (χ3v) is 4.20. The summed E-state index contributed by atoms with van der Waals surface area (Å²) in [6.07, 6.45) is 0. The third-order valence-electron chi connectivity index (χ3n) is 3.48. The van der Waals surface area contributed by atoms with Crippen molar-refractivity contribution in [2.24, 2.45) is 0 Å². The summed E-state index contributed by atoms with van der Waals surface area (Å²) in [7, 11) is 0. The number of aromatic nitrogens is 3. The molecule has 3 nitrogen and oxygen atoms in total. The number of nitrogens with zero attached hydrogens (tertiary/aromatic N) is 3. The molecule has 2 aromatic carbocycles. The Morgan fingerprint density at radius 2 is 1.70 bits per heavy atom. The molecular formula is C15H9Cl2N3. The zero-order valence-electron chi connectivity index (χ0n) is 10.6. The van der Waals surface area contributed by atoms with Gasteiger partial charge in [-0.2, -0.15) is 5.10 Å². The predicted octanol–water partition coefficient (Wildman–Crippen LogP) is 4.65. The van der Waals surface area contributed by atoms with Crippen LogP contribution in [-0.4, -0.2) is 14.6 Å². The minimum atomic E-state index is 0.503. The van der Waals surface area contributed by atoms with Crippen LogP contribution in [0.15, 0.2) is 36.4 Å². The summed E-state index contributed by atoms with van der Waals surface area (Å²) in [6.45, 7) is 1.99. The molecule has 0 N–H and O–H groups in total. The van der Waals surface area contributed by atoms with Crippen LogP contribution in [-0.2, 0) is 0 Å². The molecule has 2 aromatic heterocycles. The Labute approximate surface area is 124 Å². The maximum atomic E-state index is 6.10. The normalized spacial score (nSPS) is 11.8. The molecule has 0 saturated heterocycles. The van der Waals surface area contributed by atoms with Gasteiger partial charge in [-0.1, -0.05) is 47.5 Å². The highest BCUT2D eigenvalue weighted by Crippen LogP contribution is 2.30. The quantitative estimate of drug-likeness (QED) is 0.473. The molecule has 0 radical (unpaired) electrons. The van der Waals surface area contributed by atoms with Crippen molar-refractivity contribution in [1.29, 1.82) is 0 Å². The summed E-state index contributed by atoms with van der Waals surface area (Å²) in [6, 6.07) is 11.7. The minimum Gasteiger partial charge on any atom is -0.226 e. The molecule has 0 aliphatic carbocycles. The van der Waals surface area contributed by atoms with E-state index in [0.717, 1.165) is 33.1 Å². The van der Waals surface area contributed by atoms with E-state index in [1.165, 1.54) is 0 Å². The van der Waals surface area contributed by atoms with Crippen molar-refractivity contribution >= 4 is 50.7 Å². The van der Waals surface area contributed by atoms with Gasteiger partial charge in [0.25, 0.3) is 0 Å². The summed E-state index contributed by atoms with van der Waals surface area (Å²) in [5.74, 6) is 0. The first kappa shape index (κ1) is 11.9. The van der Waals surface area contributed by atoms with Gasteiger partial charge in [-0.15, -0.1) is 0 Å². The fraction of sp³-hybridized carbons (Fsp3) is 0.0667. The molecule has 0 aliphatic heterocycles. The number of rotatable bonds is 0. The van der Waals surface area contributed by atoms with Gasteiger partial charge in [0.05, 0.1) is 26.8 Å². The standard InChI is InChI=1S/C15H9Cl2N3/c1-8-9-4-2-3-5-10(9)15-18-13-6-11(16)12(17)7-14(13)20(15)19-8/h2-7H,1H3. The Balaban J connectivity index is 2.30. The lowest BCUT2D eigenvalue weighted by molar-refractivity contribution is 0.942. The van der Waals surface area contributed by atoms with E-state index in [0.29, 0.717) is 10.0 Å². The average Bonchev–Trinajstić information content (AvgIpc) is 2.78. The second-order valence-electron chi connectivity index (χ2n) is 4.73. The first-order valence-electron chi connectivity index (χ1n) is 6.18. The minimum absolute atomic E-state index is 0.503. The van der Waals surface area contributed by atoms with Gasteiger partial charge >= 0.3 is 0 Å². The van der Waals surface area contributed by atoms with Crippen molar-refractivity contribution in [1.82, 2.24) is 14.6 Å². The zero-order chi connectivity index (χ0) is 13.9. The van der Waals surface area contributed by atoms with Gasteiger partial charge in [0.1, 0.15) is 0 Å². The summed E-state index contributed by atoms with van der Waals surface area (Å²) in [5, 5.41) is 7.80. The maximum Gasteiger partial charge on any atom is 0.162 e. The van der Waals surface area contributed by atoms with Gasteiger partial charge in [0.2, 0.25) is 0 Å². The Morgan fingerprint density at radius 3 is 2.50 bits per heavy atom. The second kappa shape index (κ2) is 4.08. The number of benzene rings is 2. The average molecular weight is 302 g/mol. The van der Waals surface area contributed by atoms with Gasteiger partial charge in [-0.3, -0.25) is 0 Å². The number of aryl methyl sites for hydroxylation is 1. The van der Waals surface area contributed by atoms with E-state index in [4.69, 9.17) is 23.2 Å². The molecule has 0 unspecified atom stereocenters. The molecular weight excluding hydrogens is 293 g/mol. The largest absolute Gasteiger partial charge is 0.226 e. The van der Waals surface area contributed by atoms with E-state index >= 15 is 0 Å². The van der Waals surface area contributed by atoms with Crippen LogP contribution in [0.2, 0.25) is 10.0 Å². The van der Waals surface area contributed by atoms with E-state index in [1.807, 2.05) is 23.6 Å². The fourth-order valence-electron chi connectivity index (χ4n) is 2.53. The lowest BCUT2D eigenvalue weighted by Crippen LogP contribution is -1.96. The number of hydrogen-bond donors (Lipinski definition) is 0. The van der Waals surface area contributed by atoms with Crippen molar-refractivity contribution in [2.45, 2.75) is 6.92 Å². The summed E-state index contributed by atoms with van der Waals surface area (Å²) >= 11 is 12.2. The van der Waals surface area contributed by atoms with Crippen molar-refractivity contribution in [3.63, 3.8) is 0 Å². The van der Waals surface area contributed by atoms with E-state index in [2.05, 4.69) is 22.2 Å². The first-order valence-corrected chi connectivity index (χ1v) is 6.93. The first-order chi connectivity index (χ1) is 9.65. The maximum absolute atomic E-state index is 6.10. The van der Waals surface area contributed by atoms with Gasteiger partial charge in [0.15, 0.2) is 5.65 Å². The molecule has 98 valence electrons. The van der Waals surface area contributed by atoms with Crippen LogP contribution < -0.4 is 0 Å². The van der Waals surface area contributed by atoms with Crippen molar-refractivity contribution in [3.8, 4) is 0 Å². The van der Waals surface area contributed by atoms with Crippen LogP contribution in [0.1, 0.15) is 5.69 Å². The zero-order valence-corrected chi connectivity index (χ0v) is 12.1. The van der Waals surface area contributed by atoms with E-state index in [9.17, 15) is 0 Å². The lowest BCUT2D eigenvalue weighted by Gasteiger charge is -2.03. The van der Waals surface area contributed by atoms with E-state index < -0.39 is 0 Å². The molecule has 0 aliphatic rings. The Hall–Kier alpha value is -1.84. The molecule has 4 rings (SSSR count). The van der Waals surface area contributed by atoms with E-state index in [1.54, 1.807) is 12.1 Å². The third kappa shape index (κ3) is 1.54. The molecule has 0 fully saturated rings. The molecule has 0 saturated carbocycles. The fourth-order valence-corrected chi connectivity index (χ4v) is 2.85. The Bertz CT molecular complexity index is 989. The molecule has 2 heterocycles. The molecule has 4 aromatic rings. The van der Waals surface area contributed by atoms with Crippen LogP contribution in [0.4, 0.5) is 0 Å². The number of halogens is 2. The molecule has 0 spiro atoms. The van der Waals surface area contributed by atoms with Crippen molar-refractivity contribution in [2.75, 3.05) is 0 Å². The SMILES string of the molecule is Cc1nn2c3cc(Cl)c(Cl)cc3nc2c2ccccc12. The summed E-state index contributed by atoms with van der Waals surface area (Å²) < 4.78 is 1.83. The number of imidazole rings is 1. The molecule has 5 heteroatoms. The van der Waals surface area contributed by atoms with Crippen LogP contribution in [0.3, 0.4) is 0 Å². The second-order valence-corrected chi connectivity index (χ2v) is 5.55. The highest BCUT2D eigenvalue weighted by molar-refractivity contribution is 6.42. The topological polar surface area (TPSA) is 30.2 Å². The van der Waals surface area contributed by atoms with Crippen molar-refractivity contribution in [3.05, 3.63) is 52.1 Å². The highest BCUT2D eigenvalue weighted by atomic mass is 35.5. The molecule has 0 bridgehead atoms. The molecule has 0 atom stereocenters. The van der Waals surface area contributed by atoms with Crippen LogP contribution in [0.5, 0.6) is 0 Å². The highest BCUT2D eigenvalue weighted by Gasteiger charge is 2.12. The smallest absolute Gasteiger partial charge is 0.162 e. The Kier molecular flexibility index (Phi) is 2.43. The van der Waals surface area contributed by atoms with Crippen molar-refractivity contribution < 1.29 is 0 Å². The summed E-state index contributed by atoms with van der Waals surface area (Å²) in [4.78, 5) is 4.64. The van der Waals surface area contributed by atoms with Crippen LogP contribution in [0, 0.1) is 6.92 Å². The van der Waals surface area contributed by atoms with Crippen LogP contribution >= 0.6 is 23.2 Å². The van der Waals surface area contributed by atoms with Crippen LogP contribution in [0.25, 0.3) is 27.5 Å². The monoisotopic (exact) mass is 301 g/mol. The molecule has 20 heavy (non-hydrogen) atoms. The van der Waals surface area contributed by atoms with Gasteiger partial charge in [-0.25, -0.2) is 9.50 Å². The number of fused-ring (bicyclic) bond motifs is 5. The van der Waals surface area contributed by atoms with Gasteiger partial charge < -0.3 is 0 Å². The Morgan fingerprint density at radius 1 is 1.00 bits per heavy atom. The lowest BCUT2D eigenvalue weighted by atomic mass is 10.1.